The second-order valence-corrected chi connectivity index (χ2v) is 5.38. The van der Waals surface area contributed by atoms with Crippen LogP contribution in [-0.2, 0) is 0 Å². The predicted molar refractivity (Wildman–Crippen MR) is 80.9 cm³/mol. The molecule has 1 heterocycles. The van der Waals surface area contributed by atoms with Crippen molar-refractivity contribution in [2.75, 3.05) is 5.73 Å². The Labute approximate surface area is 123 Å². The highest BCUT2D eigenvalue weighted by atomic mass is 16.2. The van der Waals surface area contributed by atoms with Gasteiger partial charge in [0.25, 0.3) is 11.8 Å². The molecule has 1 unspecified atom stereocenters. The summed E-state index contributed by atoms with van der Waals surface area (Å²) in [7, 11) is 0. The van der Waals surface area contributed by atoms with Crippen molar-refractivity contribution in [1.82, 2.24) is 4.90 Å². The molecule has 0 saturated heterocycles. The smallest absolute Gasteiger partial charge is 0.262 e. The van der Waals surface area contributed by atoms with Crippen molar-refractivity contribution in [3.8, 4) is 0 Å². The van der Waals surface area contributed by atoms with Gasteiger partial charge >= 0.3 is 0 Å². The summed E-state index contributed by atoms with van der Waals surface area (Å²) in [4.78, 5) is 26.3. The van der Waals surface area contributed by atoms with Crippen LogP contribution < -0.4 is 5.73 Å². The summed E-state index contributed by atoms with van der Waals surface area (Å²) >= 11 is 0. The van der Waals surface area contributed by atoms with Crippen LogP contribution in [0.4, 0.5) is 5.69 Å². The van der Waals surface area contributed by atoms with Crippen LogP contribution in [0.1, 0.15) is 44.8 Å². The zero-order valence-electron chi connectivity index (χ0n) is 12.0. The molecule has 1 atom stereocenters. The second-order valence-electron chi connectivity index (χ2n) is 5.38. The zero-order valence-corrected chi connectivity index (χ0v) is 12.0. The predicted octanol–water partition coefficient (Wildman–Crippen LogP) is 2.93. The second kappa shape index (κ2) is 4.74. The number of rotatable bonds is 2. The van der Waals surface area contributed by atoms with Crippen molar-refractivity contribution >= 4 is 17.5 Å². The number of amides is 2. The maximum Gasteiger partial charge on any atom is 0.262 e. The van der Waals surface area contributed by atoms with Gasteiger partial charge in [0, 0.05) is 5.69 Å². The number of nitrogens with two attached hydrogens (primary N) is 1. The Morgan fingerprint density at radius 3 is 2.43 bits per heavy atom. The summed E-state index contributed by atoms with van der Waals surface area (Å²) < 4.78 is 0. The Balaban J connectivity index is 2.01. The Hall–Kier alpha value is -2.62. The number of aryl methyl sites for hydroxylation is 1. The lowest BCUT2D eigenvalue weighted by Gasteiger charge is -2.23. The lowest BCUT2D eigenvalue weighted by Crippen LogP contribution is -2.32. The van der Waals surface area contributed by atoms with Crippen LogP contribution in [-0.4, -0.2) is 16.7 Å². The van der Waals surface area contributed by atoms with Gasteiger partial charge in [0.1, 0.15) is 0 Å². The Morgan fingerprint density at radius 1 is 1.00 bits per heavy atom. The molecule has 0 aliphatic carbocycles. The standard InChI is InChI=1S/C17H16N2O2/c1-10-6-7-14-15(8-10)17(21)19(16(14)20)11(2)12-4-3-5-13(18)9-12/h3-9,11H,18H2,1-2H3. The van der Waals surface area contributed by atoms with Crippen molar-refractivity contribution in [3.63, 3.8) is 0 Å². The van der Waals surface area contributed by atoms with Gasteiger partial charge in [-0.1, -0.05) is 23.8 Å². The van der Waals surface area contributed by atoms with Gasteiger partial charge in [-0.25, -0.2) is 0 Å². The molecule has 3 rings (SSSR count). The Morgan fingerprint density at radius 2 is 1.71 bits per heavy atom. The van der Waals surface area contributed by atoms with Crippen LogP contribution >= 0.6 is 0 Å². The van der Waals surface area contributed by atoms with Gasteiger partial charge in [-0.15, -0.1) is 0 Å². The van der Waals surface area contributed by atoms with Gasteiger partial charge in [0.05, 0.1) is 17.2 Å². The SMILES string of the molecule is Cc1ccc2c(c1)C(=O)N(C(C)c1cccc(N)c1)C2=O. The van der Waals surface area contributed by atoms with Crippen LogP contribution in [0.15, 0.2) is 42.5 Å². The number of fused-ring (bicyclic) bond motifs is 1. The van der Waals surface area contributed by atoms with Gasteiger partial charge in [-0.05, 0) is 43.7 Å². The molecule has 4 heteroatoms. The normalized spacial score (nSPS) is 15.2. The average Bonchev–Trinajstić information content (AvgIpc) is 2.70. The van der Waals surface area contributed by atoms with Gasteiger partial charge in [-0.3, -0.25) is 14.5 Å². The number of imide groups is 1. The average molecular weight is 280 g/mol. The summed E-state index contributed by atoms with van der Waals surface area (Å²) in [6.07, 6.45) is 0. The fourth-order valence-electron chi connectivity index (χ4n) is 2.69. The van der Waals surface area contributed by atoms with E-state index in [1.54, 1.807) is 24.3 Å². The third kappa shape index (κ3) is 2.09. The number of nitrogen functional groups attached to an aromatic ring is 1. The minimum absolute atomic E-state index is 0.242. The summed E-state index contributed by atoms with van der Waals surface area (Å²) in [5.74, 6) is -0.487. The number of carbonyl (C=O) groups is 2. The number of nitrogens with zero attached hydrogens (tertiary/aromatic N) is 1. The van der Waals surface area contributed by atoms with E-state index in [2.05, 4.69) is 0 Å². The highest BCUT2D eigenvalue weighted by Gasteiger charge is 2.38. The number of anilines is 1. The molecule has 0 saturated carbocycles. The zero-order chi connectivity index (χ0) is 15.1. The molecular formula is C17H16N2O2. The Kier molecular flexibility index (Phi) is 3.01. The fraction of sp³-hybridized carbons (Fsp3) is 0.176. The topological polar surface area (TPSA) is 63.4 Å². The molecule has 0 fully saturated rings. The summed E-state index contributed by atoms with van der Waals surface area (Å²) in [5, 5.41) is 0. The van der Waals surface area contributed by atoms with Gasteiger partial charge in [-0.2, -0.15) is 0 Å². The van der Waals surface area contributed by atoms with Crippen molar-refractivity contribution in [2.45, 2.75) is 19.9 Å². The maximum absolute atomic E-state index is 12.5. The molecule has 0 aromatic heterocycles. The highest BCUT2D eigenvalue weighted by molar-refractivity contribution is 6.21. The lowest BCUT2D eigenvalue weighted by atomic mass is 10.1. The van der Waals surface area contributed by atoms with E-state index in [-0.39, 0.29) is 17.9 Å². The van der Waals surface area contributed by atoms with Crippen LogP contribution in [0.2, 0.25) is 0 Å². The summed E-state index contributed by atoms with van der Waals surface area (Å²) in [6.45, 7) is 3.74. The summed E-state index contributed by atoms with van der Waals surface area (Å²) in [6, 6.07) is 12.2. The minimum Gasteiger partial charge on any atom is -0.399 e. The van der Waals surface area contributed by atoms with E-state index in [9.17, 15) is 9.59 Å². The number of hydrogen-bond acceptors (Lipinski definition) is 3. The Bertz CT molecular complexity index is 752. The molecule has 2 N–H and O–H groups in total. The first-order valence-electron chi connectivity index (χ1n) is 6.83. The largest absolute Gasteiger partial charge is 0.399 e. The minimum atomic E-state index is -0.346. The molecule has 2 aromatic rings. The molecule has 2 amide bonds. The number of benzene rings is 2. The monoisotopic (exact) mass is 280 g/mol. The lowest BCUT2D eigenvalue weighted by molar-refractivity contribution is 0.0595. The van der Waals surface area contributed by atoms with Gasteiger partial charge in [0.2, 0.25) is 0 Å². The van der Waals surface area contributed by atoms with E-state index in [1.807, 2.05) is 32.0 Å². The quantitative estimate of drug-likeness (QED) is 0.679. The third-order valence-corrected chi connectivity index (χ3v) is 3.85. The van der Waals surface area contributed by atoms with Crippen LogP contribution in [0.3, 0.4) is 0 Å². The van der Waals surface area contributed by atoms with Crippen LogP contribution in [0.5, 0.6) is 0 Å². The van der Waals surface area contributed by atoms with E-state index in [4.69, 9.17) is 5.73 Å². The molecule has 0 spiro atoms. The van der Waals surface area contributed by atoms with Crippen LogP contribution in [0.25, 0.3) is 0 Å². The maximum atomic E-state index is 12.5. The van der Waals surface area contributed by atoms with Gasteiger partial charge < -0.3 is 5.73 Å². The molecular weight excluding hydrogens is 264 g/mol. The van der Waals surface area contributed by atoms with E-state index < -0.39 is 0 Å². The molecule has 2 aromatic carbocycles. The van der Waals surface area contributed by atoms with Crippen molar-refractivity contribution in [2.24, 2.45) is 0 Å². The van der Waals surface area contributed by atoms with E-state index in [0.717, 1.165) is 11.1 Å². The molecule has 4 nitrogen and oxygen atoms in total. The van der Waals surface area contributed by atoms with Crippen molar-refractivity contribution in [1.29, 1.82) is 0 Å². The highest BCUT2D eigenvalue weighted by Crippen LogP contribution is 2.32. The number of carbonyl (C=O) groups excluding carboxylic acids is 2. The first-order valence-corrected chi connectivity index (χ1v) is 6.83. The third-order valence-electron chi connectivity index (χ3n) is 3.85. The van der Waals surface area contributed by atoms with E-state index in [0.29, 0.717) is 16.8 Å². The molecule has 0 bridgehead atoms. The summed E-state index contributed by atoms with van der Waals surface area (Å²) in [5.41, 5.74) is 9.17. The van der Waals surface area contributed by atoms with E-state index >= 15 is 0 Å². The van der Waals surface area contributed by atoms with Crippen molar-refractivity contribution in [3.05, 3.63) is 64.7 Å². The number of hydrogen-bond donors (Lipinski definition) is 1. The van der Waals surface area contributed by atoms with Gasteiger partial charge in [0.15, 0.2) is 0 Å². The first-order chi connectivity index (χ1) is 9.99. The fourth-order valence-corrected chi connectivity index (χ4v) is 2.69. The molecule has 106 valence electrons. The molecule has 0 radical (unpaired) electrons. The molecule has 1 aliphatic heterocycles. The van der Waals surface area contributed by atoms with E-state index in [1.165, 1.54) is 4.90 Å². The van der Waals surface area contributed by atoms with Crippen molar-refractivity contribution < 1.29 is 9.59 Å². The van der Waals surface area contributed by atoms with Crippen LogP contribution in [0, 0.1) is 6.92 Å². The molecule has 1 aliphatic rings. The molecule has 21 heavy (non-hydrogen) atoms. The first kappa shape index (κ1) is 13.4.